The van der Waals surface area contributed by atoms with E-state index in [2.05, 4.69) is 24.8 Å². The molecule has 1 atom stereocenters. The number of ketones is 1. The maximum absolute atomic E-state index is 11.4. The molecule has 0 radical (unpaired) electrons. The highest BCUT2D eigenvalue weighted by Gasteiger charge is 2.37. The Morgan fingerprint density at radius 3 is 2.87 bits per heavy atom. The van der Waals surface area contributed by atoms with Gasteiger partial charge in [0.15, 0.2) is 0 Å². The summed E-state index contributed by atoms with van der Waals surface area (Å²) in [6.45, 7) is 5.19. The molecular weight excluding hydrogens is 188 g/mol. The second kappa shape index (κ2) is 4.76. The maximum atomic E-state index is 11.4. The predicted octanol–water partition coefficient (Wildman–Crippen LogP) is 1.98. The quantitative estimate of drug-likeness (QED) is 0.712. The lowest BCUT2D eigenvalue weighted by molar-refractivity contribution is -0.125. The molecule has 3 nitrogen and oxygen atoms in total. The van der Waals surface area contributed by atoms with Crippen LogP contribution in [0, 0.1) is 16.7 Å². The fraction of sp³-hybridized carbons (Fsp3) is 0.833. The van der Waals surface area contributed by atoms with E-state index in [1.165, 1.54) is 0 Å². The Bertz CT molecular complexity index is 278. The van der Waals surface area contributed by atoms with Gasteiger partial charge in [0.2, 0.25) is 0 Å². The third-order valence-electron chi connectivity index (χ3n) is 3.48. The summed E-state index contributed by atoms with van der Waals surface area (Å²) in [4.78, 5) is 13.6. The Morgan fingerprint density at radius 1 is 1.60 bits per heavy atom. The monoisotopic (exact) mass is 208 g/mol. The van der Waals surface area contributed by atoms with Gasteiger partial charge in [-0.1, -0.05) is 13.8 Å². The fourth-order valence-corrected chi connectivity index (χ4v) is 2.36. The molecule has 0 bridgehead atoms. The van der Waals surface area contributed by atoms with E-state index in [9.17, 15) is 4.79 Å². The van der Waals surface area contributed by atoms with Crippen LogP contribution in [0.5, 0.6) is 0 Å². The maximum Gasteiger partial charge on any atom is 0.134 e. The largest absolute Gasteiger partial charge is 0.301 e. The van der Waals surface area contributed by atoms with Gasteiger partial charge in [0.05, 0.1) is 6.07 Å². The number of nitrogens with zero attached hydrogens (tertiary/aromatic N) is 2. The molecular formula is C12H20N2O. The van der Waals surface area contributed by atoms with Crippen molar-refractivity contribution >= 4 is 5.78 Å². The van der Waals surface area contributed by atoms with Crippen LogP contribution in [0.1, 0.15) is 39.5 Å². The number of Topliss-reactive ketones (excluding diaryl/α,β-unsaturated/α-hetero) is 1. The summed E-state index contributed by atoms with van der Waals surface area (Å²) in [5.41, 5.74) is 0.193. The number of nitriles is 1. The Morgan fingerprint density at radius 2 is 2.27 bits per heavy atom. The Labute approximate surface area is 92.1 Å². The van der Waals surface area contributed by atoms with Gasteiger partial charge in [-0.2, -0.15) is 5.26 Å². The summed E-state index contributed by atoms with van der Waals surface area (Å²) in [6.07, 6.45) is 2.87. The van der Waals surface area contributed by atoms with E-state index >= 15 is 0 Å². The first-order valence-corrected chi connectivity index (χ1v) is 5.56. The van der Waals surface area contributed by atoms with Gasteiger partial charge in [0.1, 0.15) is 5.78 Å². The Kier molecular flexibility index (Phi) is 3.87. The van der Waals surface area contributed by atoms with Gasteiger partial charge in [0.25, 0.3) is 0 Å². The third kappa shape index (κ3) is 3.04. The lowest BCUT2D eigenvalue weighted by Gasteiger charge is -2.43. The van der Waals surface area contributed by atoms with E-state index in [-0.39, 0.29) is 5.41 Å². The summed E-state index contributed by atoms with van der Waals surface area (Å²) < 4.78 is 0. The first kappa shape index (κ1) is 12.2. The molecule has 0 amide bonds. The normalized spacial score (nSPS) is 25.3. The molecule has 0 spiro atoms. The van der Waals surface area contributed by atoms with E-state index < -0.39 is 0 Å². The molecule has 0 aromatic rings. The highest BCUT2D eigenvalue weighted by molar-refractivity contribution is 5.80. The second-order valence-electron chi connectivity index (χ2n) is 5.14. The van der Waals surface area contributed by atoms with Crippen LogP contribution < -0.4 is 0 Å². The zero-order chi connectivity index (χ0) is 11.5. The highest BCUT2D eigenvalue weighted by atomic mass is 16.1. The van der Waals surface area contributed by atoms with Crippen LogP contribution in [-0.4, -0.2) is 30.3 Å². The average molecular weight is 208 g/mol. The van der Waals surface area contributed by atoms with Crippen LogP contribution in [-0.2, 0) is 4.79 Å². The van der Waals surface area contributed by atoms with Crippen LogP contribution in [0.3, 0.4) is 0 Å². The van der Waals surface area contributed by atoms with Crippen molar-refractivity contribution in [2.75, 3.05) is 13.6 Å². The van der Waals surface area contributed by atoms with Crippen molar-refractivity contribution in [3.05, 3.63) is 0 Å². The summed E-state index contributed by atoms with van der Waals surface area (Å²) in [6, 6.07) is 2.45. The molecule has 0 aromatic carbocycles. The van der Waals surface area contributed by atoms with E-state index in [0.717, 1.165) is 19.4 Å². The molecule has 3 heteroatoms. The van der Waals surface area contributed by atoms with Crippen LogP contribution in [0.2, 0.25) is 0 Å². The van der Waals surface area contributed by atoms with Gasteiger partial charge in [-0.25, -0.2) is 0 Å². The minimum Gasteiger partial charge on any atom is -0.301 e. The minimum absolute atomic E-state index is 0.193. The molecule has 0 saturated heterocycles. The van der Waals surface area contributed by atoms with Crippen LogP contribution in [0.25, 0.3) is 0 Å². The molecule has 0 aliphatic heterocycles. The van der Waals surface area contributed by atoms with Crippen molar-refractivity contribution in [3.8, 4) is 6.07 Å². The SMILES string of the molecule is CN(CCC#N)C1CC(=O)CCC1(C)C. The zero-order valence-corrected chi connectivity index (χ0v) is 9.92. The molecule has 0 heterocycles. The van der Waals surface area contributed by atoms with Gasteiger partial charge in [-0.15, -0.1) is 0 Å². The molecule has 1 aliphatic rings. The van der Waals surface area contributed by atoms with Crippen molar-refractivity contribution in [2.24, 2.45) is 5.41 Å². The van der Waals surface area contributed by atoms with Crippen LogP contribution in [0.15, 0.2) is 0 Å². The first-order valence-electron chi connectivity index (χ1n) is 5.56. The summed E-state index contributed by atoms with van der Waals surface area (Å²) in [7, 11) is 2.02. The highest BCUT2D eigenvalue weighted by Crippen LogP contribution is 2.36. The van der Waals surface area contributed by atoms with Gasteiger partial charge < -0.3 is 4.90 Å². The van der Waals surface area contributed by atoms with E-state index in [4.69, 9.17) is 5.26 Å². The number of carbonyl (C=O) groups is 1. The van der Waals surface area contributed by atoms with Crippen molar-refractivity contribution < 1.29 is 4.79 Å². The number of carbonyl (C=O) groups excluding carboxylic acids is 1. The summed E-state index contributed by atoms with van der Waals surface area (Å²) in [5, 5.41) is 8.55. The van der Waals surface area contributed by atoms with E-state index in [1.807, 2.05) is 7.05 Å². The molecule has 0 N–H and O–H groups in total. The molecule has 1 rings (SSSR count). The molecule has 0 aromatic heterocycles. The number of hydrogen-bond donors (Lipinski definition) is 0. The number of rotatable bonds is 3. The zero-order valence-electron chi connectivity index (χ0n) is 9.92. The van der Waals surface area contributed by atoms with E-state index in [0.29, 0.717) is 24.7 Å². The van der Waals surface area contributed by atoms with Crippen LogP contribution >= 0.6 is 0 Å². The Hall–Kier alpha value is -0.880. The lowest BCUT2D eigenvalue weighted by Crippen LogP contribution is -2.47. The van der Waals surface area contributed by atoms with Crippen molar-refractivity contribution in [1.82, 2.24) is 4.90 Å². The van der Waals surface area contributed by atoms with E-state index in [1.54, 1.807) is 0 Å². The van der Waals surface area contributed by atoms with Crippen LogP contribution in [0.4, 0.5) is 0 Å². The van der Waals surface area contributed by atoms with Gasteiger partial charge in [-0.05, 0) is 18.9 Å². The molecule has 1 aliphatic carbocycles. The fourth-order valence-electron chi connectivity index (χ4n) is 2.36. The first-order chi connectivity index (χ1) is 6.97. The average Bonchev–Trinajstić information content (AvgIpc) is 2.18. The predicted molar refractivity (Wildman–Crippen MR) is 59.3 cm³/mol. The Balaban J connectivity index is 2.63. The number of hydrogen-bond acceptors (Lipinski definition) is 3. The standard InChI is InChI=1S/C12H20N2O/c1-12(2)6-5-10(15)9-11(12)14(3)8-4-7-13/h11H,4-6,8-9H2,1-3H3. The molecule has 1 fully saturated rings. The molecule has 84 valence electrons. The van der Waals surface area contributed by atoms with Crippen molar-refractivity contribution in [2.45, 2.75) is 45.6 Å². The summed E-state index contributed by atoms with van der Waals surface area (Å²) in [5.74, 6) is 0.364. The van der Waals surface area contributed by atoms with Crippen molar-refractivity contribution in [3.63, 3.8) is 0 Å². The van der Waals surface area contributed by atoms with Crippen molar-refractivity contribution in [1.29, 1.82) is 5.26 Å². The second-order valence-corrected chi connectivity index (χ2v) is 5.14. The molecule has 15 heavy (non-hydrogen) atoms. The summed E-state index contributed by atoms with van der Waals surface area (Å²) >= 11 is 0. The van der Waals surface area contributed by atoms with Gasteiger partial charge >= 0.3 is 0 Å². The lowest BCUT2D eigenvalue weighted by atomic mass is 9.72. The topological polar surface area (TPSA) is 44.1 Å². The van der Waals surface area contributed by atoms with Gasteiger partial charge in [0, 0.05) is 31.8 Å². The third-order valence-corrected chi connectivity index (χ3v) is 3.48. The van der Waals surface area contributed by atoms with Gasteiger partial charge in [-0.3, -0.25) is 4.79 Å². The molecule has 1 unspecified atom stereocenters. The minimum atomic E-state index is 0.193. The smallest absolute Gasteiger partial charge is 0.134 e. The molecule has 1 saturated carbocycles.